The summed E-state index contributed by atoms with van der Waals surface area (Å²) in [6.45, 7) is 1.57. The van der Waals surface area contributed by atoms with Crippen molar-refractivity contribution in [2.24, 2.45) is 0 Å². The molecule has 1 heterocycles. The Morgan fingerprint density at radius 1 is 1.50 bits per heavy atom. The topological polar surface area (TPSA) is 36.3 Å². The first-order valence-corrected chi connectivity index (χ1v) is 4.11. The summed E-state index contributed by atoms with van der Waals surface area (Å²) in [6, 6.07) is 5.72. The SMILES string of the molecule is CC1(c2cccc(F)c2F)OC1C#N. The highest BCUT2D eigenvalue weighted by molar-refractivity contribution is 5.33. The second-order valence-electron chi connectivity index (χ2n) is 3.34. The third kappa shape index (κ3) is 1.10. The molecule has 4 heteroatoms. The van der Waals surface area contributed by atoms with E-state index in [0.717, 1.165) is 6.07 Å². The first kappa shape index (κ1) is 9.10. The van der Waals surface area contributed by atoms with Crippen molar-refractivity contribution in [3.63, 3.8) is 0 Å². The maximum Gasteiger partial charge on any atom is 0.178 e. The van der Waals surface area contributed by atoms with Crippen molar-refractivity contribution in [1.82, 2.24) is 0 Å². The molecule has 2 nitrogen and oxygen atoms in total. The van der Waals surface area contributed by atoms with Crippen LogP contribution in [0.4, 0.5) is 8.78 Å². The highest BCUT2D eigenvalue weighted by atomic mass is 19.2. The quantitative estimate of drug-likeness (QED) is 0.643. The number of nitriles is 1. The van der Waals surface area contributed by atoms with Gasteiger partial charge >= 0.3 is 0 Å². The van der Waals surface area contributed by atoms with Crippen molar-refractivity contribution in [2.75, 3.05) is 0 Å². The van der Waals surface area contributed by atoms with Gasteiger partial charge in [-0.1, -0.05) is 12.1 Å². The zero-order chi connectivity index (χ0) is 10.3. The number of benzene rings is 1. The molecule has 0 spiro atoms. The van der Waals surface area contributed by atoms with Crippen LogP contribution in [-0.4, -0.2) is 6.10 Å². The molecule has 0 aliphatic carbocycles. The number of hydrogen-bond acceptors (Lipinski definition) is 2. The molecule has 1 saturated heterocycles. The van der Waals surface area contributed by atoms with Crippen LogP contribution in [0.1, 0.15) is 12.5 Å². The molecule has 2 rings (SSSR count). The molecule has 1 aromatic rings. The first-order valence-electron chi connectivity index (χ1n) is 4.11. The molecular weight excluding hydrogens is 188 g/mol. The molecule has 0 bridgehead atoms. The lowest BCUT2D eigenvalue weighted by molar-refractivity contribution is 0.311. The Morgan fingerprint density at radius 3 is 2.79 bits per heavy atom. The fraction of sp³-hybridized carbons (Fsp3) is 0.300. The van der Waals surface area contributed by atoms with Gasteiger partial charge in [-0.05, 0) is 13.0 Å². The van der Waals surface area contributed by atoms with Gasteiger partial charge in [0.25, 0.3) is 0 Å². The lowest BCUT2D eigenvalue weighted by Crippen LogP contribution is -2.10. The highest BCUT2D eigenvalue weighted by Crippen LogP contribution is 2.46. The molecule has 0 saturated carbocycles. The van der Waals surface area contributed by atoms with Gasteiger partial charge in [0.1, 0.15) is 5.60 Å². The maximum absolute atomic E-state index is 13.3. The van der Waals surface area contributed by atoms with E-state index >= 15 is 0 Å². The lowest BCUT2D eigenvalue weighted by Gasteiger charge is -2.06. The molecule has 0 N–H and O–H groups in total. The summed E-state index contributed by atoms with van der Waals surface area (Å²) >= 11 is 0. The van der Waals surface area contributed by atoms with Gasteiger partial charge in [-0.3, -0.25) is 0 Å². The van der Waals surface area contributed by atoms with Gasteiger partial charge in [0.2, 0.25) is 0 Å². The summed E-state index contributed by atoms with van der Waals surface area (Å²) in [5, 5.41) is 8.57. The van der Waals surface area contributed by atoms with E-state index in [1.807, 2.05) is 6.07 Å². The van der Waals surface area contributed by atoms with E-state index < -0.39 is 23.3 Å². The molecule has 1 aliphatic rings. The zero-order valence-corrected chi connectivity index (χ0v) is 7.42. The van der Waals surface area contributed by atoms with Crippen molar-refractivity contribution in [1.29, 1.82) is 5.26 Å². The predicted octanol–water partition coefficient (Wildman–Crippen LogP) is 2.10. The van der Waals surface area contributed by atoms with Crippen LogP contribution in [-0.2, 0) is 10.3 Å². The molecule has 2 atom stereocenters. The molecule has 0 amide bonds. The van der Waals surface area contributed by atoms with Gasteiger partial charge in [0.15, 0.2) is 17.7 Å². The third-order valence-electron chi connectivity index (χ3n) is 2.41. The van der Waals surface area contributed by atoms with E-state index in [-0.39, 0.29) is 5.56 Å². The van der Waals surface area contributed by atoms with E-state index in [2.05, 4.69) is 0 Å². The van der Waals surface area contributed by atoms with Crippen LogP contribution in [0.2, 0.25) is 0 Å². The number of hydrogen-bond donors (Lipinski definition) is 0. The Morgan fingerprint density at radius 2 is 2.21 bits per heavy atom. The Labute approximate surface area is 79.7 Å². The molecule has 1 fully saturated rings. The van der Waals surface area contributed by atoms with Crippen molar-refractivity contribution >= 4 is 0 Å². The second kappa shape index (κ2) is 2.76. The van der Waals surface area contributed by atoms with Crippen molar-refractivity contribution < 1.29 is 13.5 Å². The standard InChI is InChI=1S/C10H7F2NO/c1-10(8(5-13)14-10)6-3-2-4-7(11)9(6)12/h2-4,8H,1H3. The molecule has 1 aliphatic heterocycles. The normalized spacial score (nSPS) is 29.7. The molecule has 0 radical (unpaired) electrons. The van der Waals surface area contributed by atoms with Gasteiger partial charge in [-0.2, -0.15) is 5.26 Å². The van der Waals surface area contributed by atoms with Gasteiger partial charge in [0, 0.05) is 5.56 Å². The largest absolute Gasteiger partial charge is 0.345 e. The molecule has 72 valence electrons. The maximum atomic E-state index is 13.3. The van der Waals surface area contributed by atoms with Crippen LogP contribution in [0.3, 0.4) is 0 Å². The Kier molecular flexibility index (Phi) is 1.79. The van der Waals surface area contributed by atoms with Gasteiger partial charge in [-0.25, -0.2) is 8.78 Å². The fourth-order valence-electron chi connectivity index (χ4n) is 1.45. The van der Waals surface area contributed by atoms with Crippen LogP contribution >= 0.6 is 0 Å². The number of nitrogens with zero attached hydrogens (tertiary/aromatic N) is 1. The summed E-state index contributed by atoms with van der Waals surface area (Å²) in [4.78, 5) is 0. The van der Waals surface area contributed by atoms with Crippen molar-refractivity contribution in [3.8, 4) is 6.07 Å². The van der Waals surface area contributed by atoms with E-state index in [9.17, 15) is 8.78 Å². The fourth-order valence-corrected chi connectivity index (χ4v) is 1.45. The number of rotatable bonds is 1. The smallest absolute Gasteiger partial charge is 0.178 e. The average Bonchev–Trinajstić information content (AvgIpc) is 2.83. The molecular formula is C10H7F2NO. The Balaban J connectivity index is 2.45. The van der Waals surface area contributed by atoms with E-state index in [0.29, 0.717) is 0 Å². The summed E-state index contributed by atoms with van der Waals surface area (Å²) in [6.07, 6.45) is -0.682. The Hall–Kier alpha value is -1.47. The van der Waals surface area contributed by atoms with Gasteiger partial charge in [0.05, 0.1) is 6.07 Å². The molecule has 2 unspecified atom stereocenters. The third-order valence-corrected chi connectivity index (χ3v) is 2.41. The minimum Gasteiger partial charge on any atom is -0.345 e. The van der Waals surface area contributed by atoms with Crippen LogP contribution in [0.15, 0.2) is 18.2 Å². The highest BCUT2D eigenvalue weighted by Gasteiger charge is 2.56. The minimum atomic E-state index is -0.985. The van der Waals surface area contributed by atoms with Crippen LogP contribution in [0.25, 0.3) is 0 Å². The minimum absolute atomic E-state index is 0.101. The van der Waals surface area contributed by atoms with Gasteiger partial charge < -0.3 is 4.74 Å². The van der Waals surface area contributed by atoms with Crippen LogP contribution in [0, 0.1) is 23.0 Å². The number of halogens is 2. The second-order valence-corrected chi connectivity index (χ2v) is 3.34. The summed E-state index contributed by atoms with van der Waals surface area (Å²) in [7, 11) is 0. The van der Waals surface area contributed by atoms with Crippen LogP contribution in [0.5, 0.6) is 0 Å². The molecule has 14 heavy (non-hydrogen) atoms. The number of ether oxygens (including phenoxy) is 1. The molecule has 0 aromatic heterocycles. The zero-order valence-electron chi connectivity index (χ0n) is 7.42. The van der Waals surface area contributed by atoms with Crippen molar-refractivity contribution in [2.45, 2.75) is 18.6 Å². The first-order chi connectivity index (χ1) is 6.59. The van der Waals surface area contributed by atoms with E-state index in [1.165, 1.54) is 12.1 Å². The summed E-state index contributed by atoms with van der Waals surface area (Å²) < 4.78 is 31.1. The summed E-state index contributed by atoms with van der Waals surface area (Å²) in [5.41, 5.74) is -0.884. The molecule has 1 aromatic carbocycles. The van der Waals surface area contributed by atoms with E-state index in [4.69, 9.17) is 10.00 Å². The van der Waals surface area contributed by atoms with Gasteiger partial charge in [-0.15, -0.1) is 0 Å². The van der Waals surface area contributed by atoms with Crippen molar-refractivity contribution in [3.05, 3.63) is 35.4 Å². The monoisotopic (exact) mass is 195 g/mol. The lowest BCUT2D eigenvalue weighted by atomic mass is 9.97. The Bertz CT molecular complexity index is 427. The number of epoxide rings is 1. The van der Waals surface area contributed by atoms with E-state index in [1.54, 1.807) is 6.92 Å². The predicted molar refractivity (Wildman–Crippen MR) is 44.2 cm³/mol. The average molecular weight is 195 g/mol. The summed E-state index contributed by atoms with van der Waals surface area (Å²) in [5.74, 6) is -1.86. The van der Waals surface area contributed by atoms with Crippen LogP contribution < -0.4 is 0 Å².